The molecule has 1 saturated heterocycles. The molecule has 1 aromatic heterocycles. The van der Waals surface area contributed by atoms with E-state index >= 15 is 0 Å². The molecule has 1 aromatic rings. The number of hydrogen-bond acceptors (Lipinski definition) is 4. The van der Waals surface area contributed by atoms with E-state index in [1.165, 1.54) is 11.3 Å². The van der Waals surface area contributed by atoms with Gasteiger partial charge in [-0.1, -0.05) is 0 Å². The van der Waals surface area contributed by atoms with Crippen LogP contribution in [0.1, 0.15) is 28.9 Å². The van der Waals surface area contributed by atoms with Gasteiger partial charge in [-0.05, 0) is 36.5 Å². The van der Waals surface area contributed by atoms with Crippen molar-refractivity contribution >= 4 is 35.0 Å². The van der Waals surface area contributed by atoms with Crippen molar-refractivity contribution in [1.82, 2.24) is 4.90 Å². The maximum Gasteiger partial charge on any atom is 0.303 e. The van der Waals surface area contributed by atoms with E-state index in [1.54, 1.807) is 11.8 Å². The van der Waals surface area contributed by atoms with Crippen LogP contribution in [0.25, 0.3) is 0 Å². The summed E-state index contributed by atoms with van der Waals surface area (Å²) in [5, 5.41) is 10.7. The lowest BCUT2D eigenvalue weighted by molar-refractivity contribution is -0.138. The van der Waals surface area contributed by atoms with Crippen LogP contribution in [0, 0.1) is 5.92 Å². The first-order valence-electron chi connectivity index (χ1n) is 6.24. The molecule has 0 bridgehead atoms. The lowest BCUT2D eigenvalue weighted by Gasteiger charge is -2.31. The van der Waals surface area contributed by atoms with E-state index < -0.39 is 5.97 Å². The van der Waals surface area contributed by atoms with Crippen molar-refractivity contribution in [3.8, 4) is 0 Å². The topological polar surface area (TPSA) is 57.6 Å². The van der Waals surface area contributed by atoms with Crippen LogP contribution in [0.3, 0.4) is 0 Å². The number of thioether (sulfide) groups is 1. The highest BCUT2D eigenvalue weighted by Crippen LogP contribution is 2.29. The van der Waals surface area contributed by atoms with Crippen LogP contribution in [0.2, 0.25) is 0 Å². The Labute approximate surface area is 120 Å². The molecule has 2 rings (SSSR count). The third kappa shape index (κ3) is 3.51. The normalized spacial score (nSPS) is 16.6. The van der Waals surface area contributed by atoms with Crippen molar-refractivity contribution in [3.05, 3.63) is 16.3 Å². The highest BCUT2D eigenvalue weighted by molar-refractivity contribution is 7.98. The van der Waals surface area contributed by atoms with E-state index in [-0.39, 0.29) is 18.2 Å². The maximum absolute atomic E-state index is 12.4. The number of hydrogen-bond donors (Lipinski definition) is 1. The summed E-state index contributed by atoms with van der Waals surface area (Å²) in [5.41, 5.74) is 0. The SMILES string of the molecule is CSc1ccsc1C(=O)N1CCC(CC(=O)O)CC1. The molecule has 0 spiro atoms. The van der Waals surface area contributed by atoms with Crippen molar-refractivity contribution in [2.75, 3.05) is 19.3 Å². The molecule has 0 unspecified atom stereocenters. The number of likely N-dealkylation sites (tertiary alicyclic amines) is 1. The third-order valence-corrected chi connectivity index (χ3v) is 5.22. The molecule has 1 fully saturated rings. The number of aliphatic carboxylic acids is 1. The molecule has 0 aliphatic carbocycles. The van der Waals surface area contributed by atoms with E-state index in [9.17, 15) is 9.59 Å². The smallest absolute Gasteiger partial charge is 0.303 e. The zero-order valence-electron chi connectivity index (χ0n) is 10.8. The van der Waals surface area contributed by atoms with Crippen LogP contribution >= 0.6 is 23.1 Å². The maximum atomic E-state index is 12.4. The number of thiophene rings is 1. The average Bonchev–Trinajstić information content (AvgIpc) is 2.86. The first-order chi connectivity index (χ1) is 9.11. The molecule has 1 aliphatic heterocycles. The van der Waals surface area contributed by atoms with Gasteiger partial charge in [0.1, 0.15) is 4.88 Å². The molecular weight excluding hydrogens is 282 g/mol. The van der Waals surface area contributed by atoms with Gasteiger partial charge in [0.05, 0.1) is 0 Å². The summed E-state index contributed by atoms with van der Waals surface area (Å²) in [7, 11) is 0. The third-order valence-electron chi connectivity index (χ3n) is 3.41. The molecule has 19 heavy (non-hydrogen) atoms. The monoisotopic (exact) mass is 299 g/mol. The predicted molar refractivity (Wildman–Crippen MR) is 77.0 cm³/mol. The Morgan fingerprint density at radius 3 is 2.74 bits per heavy atom. The van der Waals surface area contributed by atoms with Gasteiger partial charge in [-0.3, -0.25) is 9.59 Å². The van der Waals surface area contributed by atoms with E-state index in [1.807, 2.05) is 22.6 Å². The number of carbonyl (C=O) groups excluding carboxylic acids is 1. The van der Waals surface area contributed by atoms with Crippen molar-refractivity contribution in [3.63, 3.8) is 0 Å². The first-order valence-corrected chi connectivity index (χ1v) is 8.34. The second-order valence-electron chi connectivity index (χ2n) is 4.65. The van der Waals surface area contributed by atoms with Gasteiger partial charge >= 0.3 is 5.97 Å². The number of carboxylic acids is 1. The van der Waals surface area contributed by atoms with E-state index in [2.05, 4.69) is 0 Å². The minimum atomic E-state index is -0.743. The van der Waals surface area contributed by atoms with Crippen LogP contribution in [0.15, 0.2) is 16.3 Å². The summed E-state index contributed by atoms with van der Waals surface area (Å²) in [5.74, 6) is -0.439. The Bertz CT molecular complexity index is 464. The quantitative estimate of drug-likeness (QED) is 0.869. The fourth-order valence-electron chi connectivity index (χ4n) is 2.34. The van der Waals surface area contributed by atoms with E-state index in [4.69, 9.17) is 5.11 Å². The molecule has 4 nitrogen and oxygen atoms in total. The minimum Gasteiger partial charge on any atom is -0.481 e. The Morgan fingerprint density at radius 2 is 2.16 bits per heavy atom. The average molecular weight is 299 g/mol. The highest BCUT2D eigenvalue weighted by Gasteiger charge is 2.26. The first kappa shape index (κ1) is 14.4. The van der Waals surface area contributed by atoms with E-state index in [0.717, 1.165) is 22.6 Å². The summed E-state index contributed by atoms with van der Waals surface area (Å²) < 4.78 is 0. The number of carbonyl (C=O) groups is 2. The molecule has 6 heteroatoms. The van der Waals surface area contributed by atoms with Crippen molar-refractivity contribution < 1.29 is 14.7 Å². The Hall–Kier alpha value is -1.01. The number of rotatable bonds is 4. The molecule has 0 saturated carbocycles. The molecule has 2 heterocycles. The summed E-state index contributed by atoms with van der Waals surface area (Å²) in [6, 6.07) is 1.97. The zero-order valence-corrected chi connectivity index (χ0v) is 12.4. The molecule has 1 amide bonds. The molecule has 0 atom stereocenters. The van der Waals surface area contributed by atoms with Gasteiger partial charge in [-0.15, -0.1) is 23.1 Å². The van der Waals surface area contributed by atoms with Crippen molar-refractivity contribution in [2.45, 2.75) is 24.2 Å². The van der Waals surface area contributed by atoms with Crippen molar-refractivity contribution in [1.29, 1.82) is 0 Å². The zero-order chi connectivity index (χ0) is 13.8. The van der Waals surface area contributed by atoms with Crippen LogP contribution < -0.4 is 0 Å². The van der Waals surface area contributed by atoms with Gasteiger partial charge in [-0.25, -0.2) is 0 Å². The second kappa shape index (κ2) is 6.43. The van der Waals surface area contributed by atoms with Gasteiger partial charge in [0.25, 0.3) is 5.91 Å². The van der Waals surface area contributed by atoms with Crippen LogP contribution in [-0.2, 0) is 4.79 Å². The minimum absolute atomic E-state index is 0.0909. The molecule has 1 N–H and O–H groups in total. The standard InChI is InChI=1S/C13H17NO3S2/c1-18-10-4-7-19-12(10)13(17)14-5-2-9(3-6-14)8-11(15)16/h4,7,9H,2-3,5-6,8H2,1H3,(H,15,16). The van der Waals surface area contributed by atoms with Crippen LogP contribution in [-0.4, -0.2) is 41.2 Å². The van der Waals surface area contributed by atoms with Gasteiger partial charge in [0.2, 0.25) is 0 Å². The largest absolute Gasteiger partial charge is 0.481 e. The molecule has 0 aromatic carbocycles. The number of amides is 1. The molecule has 104 valence electrons. The van der Waals surface area contributed by atoms with E-state index in [0.29, 0.717) is 13.1 Å². The molecule has 0 radical (unpaired) electrons. The number of piperidine rings is 1. The summed E-state index contributed by atoms with van der Waals surface area (Å²) in [6.45, 7) is 1.34. The Kier molecular flexibility index (Phi) is 4.87. The van der Waals surface area contributed by atoms with Gasteiger partial charge in [0, 0.05) is 24.4 Å². The lowest BCUT2D eigenvalue weighted by atomic mass is 9.93. The van der Waals surface area contributed by atoms with Crippen LogP contribution in [0.4, 0.5) is 0 Å². The fraction of sp³-hybridized carbons (Fsp3) is 0.538. The van der Waals surface area contributed by atoms with Gasteiger partial charge in [-0.2, -0.15) is 0 Å². The Morgan fingerprint density at radius 1 is 1.47 bits per heavy atom. The van der Waals surface area contributed by atoms with Crippen molar-refractivity contribution in [2.24, 2.45) is 5.92 Å². The van der Waals surface area contributed by atoms with Gasteiger partial charge < -0.3 is 10.0 Å². The fourth-order valence-corrected chi connectivity index (χ4v) is 4.06. The molecular formula is C13H17NO3S2. The van der Waals surface area contributed by atoms with Gasteiger partial charge in [0.15, 0.2) is 0 Å². The Balaban J connectivity index is 1.94. The number of nitrogens with zero attached hydrogens (tertiary/aromatic N) is 1. The second-order valence-corrected chi connectivity index (χ2v) is 6.42. The predicted octanol–water partition coefficient (Wildman–Crippen LogP) is 2.80. The van der Waals surface area contributed by atoms with Crippen LogP contribution in [0.5, 0.6) is 0 Å². The highest BCUT2D eigenvalue weighted by atomic mass is 32.2. The summed E-state index contributed by atoms with van der Waals surface area (Å²) >= 11 is 3.07. The summed E-state index contributed by atoms with van der Waals surface area (Å²) in [4.78, 5) is 26.7. The molecule has 1 aliphatic rings. The number of carboxylic acid groups (broad SMARTS) is 1. The lowest BCUT2D eigenvalue weighted by Crippen LogP contribution is -2.38. The summed E-state index contributed by atoms with van der Waals surface area (Å²) in [6.07, 6.45) is 3.77.